The van der Waals surface area contributed by atoms with E-state index in [0.717, 1.165) is 25.3 Å². The quantitative estimate of drug-likeness (QED) is 0.711. The van der Waals surface area contributed by atoms with Crippen LogP contribution in [0, 0.1) is 0 Å². The van der Waals surface area contributed by atoms with Crippen LogP contribution in [0.4, 0.5) is 0 Å². The Morgan fingerprint density at radius 3 is 2.60 bits per heavy atom. The number of likely N-dealkylation sites (N-methyl/N-ethyl adjacent to an activating group) is 1. The molecule has 2 heteroatoms. The first kappa shape index (κ1) is 12.1. The molecule has 15 heavy (non-hydrogen) atoms. The second-order valence-electron chi connectivity index (χ2n) is 3.87. The molecule has 0 fully saturated rings. The number of benzene rings is 1. The van der Waals surface area contributed by atoms with E-state index in [0.29, 0.717) is 0 Å². The molecule has 1 aromatic rings. The van der Waals surface area contributed by atoms with Gasteiger partial charge in [0.15, 0.2) is 0 Å². The Labute approximate surface area is 92.9 Å². The minimum atomic E-state index is 1.00. The monoisotopic (exact) mass is 207 g/mol. The highest BCUT2D eigenvalue weighted by molar-refractivity contribution is 5.33. The number of hydrogen-bond acceptors (Lipinski definition) is 2. The summed E-state index contributed by atoms with van der Waals surface area (Å²) in [6.07, 6.45) is 2.27. The molecule has 0 saturated carbocycles. The van der Waals surface area contributed by atoms with E-state index in [1.165, 1.54) is 12.0 Å². The Balaban J connectivity index is 2.49. The summed E-state index contributed by atoms with van der Waals surface area (Å²) < 4.78 is 5.32. The van der Waals surface area contributed by atoms with Crippen LogP contribution in [0.25, 0.3) is 0 Å². The van der Waals surface area contributed by atoms with Crippen molar-refractivity contribution in [3.8, 4) is 5.75 Å². The Hall–Kier alpha value is -1.02. The third-order valence-electron chi connectivity index (χ3n) is 2.56. The van der Waals surface area contributed by atoms with Crippen LogP contribution < -0.4 is 4.74 Å². The van der Waals surface area contributed by atoms with Gasteiger partial charge in [-0.3, -0.25) is 0 Å². The molecule has 0 aliphatic carbocycles. The molecular formula is C13H21NO. The summed E-state index contributed by atoms with van der Waals surface area (Å²) in [6, 6.07) is 8.24. The van der Waals surface area contributed by atoms with Crippen molar-refractivity contribution in [1.82, 2.24) is 4.90 Å². The molecule has 0 N–H and O–H groups in total. The van der Waals surface area contributed by atoms with E-state index in [1.807, 2.05) is 12.1 Å². The summed E-state index contributed by atoms with van der Waals surface area (Å²) in [6.45, 7) is 4.46. The highest BCUT2D eigenvalue weighted by atomic mass is 16.5. The maximum atomic E-state index is 5.32. The van der Waals surface area contributed by atoms with E-state index in [4.69, 9.17) is 4.74 Å². The maximum absolute atomic E-state index is 5.32. The summed E-state index contributed by atoms with van der Waals surface area (Å²) in [4.78, 5) is 2.35. The summed E-state index contributed by atoms with van der Waals surface area (Å²) in [5, 5.41) is 0. The van der Waals surface area contributed by atoms with Crippen molar-refractivity contribution in [2.24, 2.45) is 0 Å². The van der Waals surface area contributed by atoms with Crippen LogP contribution in [-0.4, -0.2) is 32.1 Å². The lowest BCUT2D eigenvalue weighted by atomic mass is 10.1. The average Bonchev–Trinajstić information content (AvgIpc) is 2.27. The third-order valence-corrected chi connectivity index (χ3v) is 2.56. The largest absolute Gasteiger partial charge is 0.496 e. The van der Waals surface area contributed by atoms with E-state index < -0.39 is 0 Å². The van der Waals surface area contributed by atoms with Crippen molar-refractivity contribution in [2.45, 2.75) is 19.8 Å². The molecule has 0 aliphatic rings. The van der Waals surface area contributed by atoms with Gasteiger partial charge in [0, 0.05) is 6.54 Å². The minimum absolute atomic E-state index is 1.00. The van der Waals surface area contributed by atoms with Crippen molar-refractivity contribution < 1.29 is 4.74 Å². The molecule has 0 heterocycles. The molecule has 84 valence electrons. The fraction of sp³-hybridized carbons (Fsp3) is 0.538. The highest BCUT2D eigenvalue weighted by Gasteiger charge is 2.02. The summed E-state index contributed by atoms with van der Waals surface area (Å²) in [7, 11) is 3.90. The Morgan fingerprint density at radius 1 is 1.20 bits per heavy atom. The fourth-order valence-corrected chi connectivity index (χ4v) is 1.71. The molecule has 2 nitrogen and oxygen atoms in total. The van der Waals surface area contributed by atoms with Gasteiger partial charge < -0.3 is 9.64 Å². The topological polar surface area (TPSA) is 12.5 Å². The van der Waals surface area contributed by atoms with Gasteiger partial charge in [0.1, 0.15) is 5.75 Å². The second-order valence-corrected chi connectivity index (χ2v) is 3.87. The van der Waals surface area contributed by atoms with Crippen LogP contribution in [0.2, 0.25) is 0 Å². The zero-order chi connectivity index (χ0) is 11.1. The van der Waals surface area contributed by atoms with Gasteiger partial charge in [-0.05, 0) is 38.1 Å². The number of rotatable bonds is 6. The van der Waals surface area contributed by atoms with Crippen LogP contribution in [0.15, 0.2) is 24.3 Å². The van der Waals surface area contributed by atoms with Gasteiger partial charge in [0.05, 0.1) is 7.11 Å². The molecule has 0 aromatic heterocycles. The molecule has 0 saturated heterocycles. The van der Waals surface area contributed by atoms with Gasteiger partial charge >= 0.3 is 0 Å². The SMILES string of the molecule is CCCN(C)CCc1ccccc1OC. The Morgan fingerprint density at radius 2 is 1.93 bits per heavy atom. The van der Waals surface area contributed by atoms with Gasteiger partial charge in [0.25, 0.3) is 0 Å². The summed E-state index contributed by atoms with van der Waals surface area (Å²) in [5.41, 5.74) is 1.29. The molecule has 0 radical (unpaired) electrons. The lowest BCUT2D eigenvalue weighted by Gasteiger charge is -2.16. The number of para-hydroxylation sites is 1. The average molecular weight is 207 g/mol. The van der Waals surface area contributed by atoms with E-state index in [1.54, 1.807) is 7.11 Å². The maximum Gasteiger partial charge on any atom is 0.122 e. The van der Waals surface area contributed by atoms with Crippen LogP contribution in [-0.2, 0) is 6.42 Å². The fourth-order valence-electron chi connectivity index (χ4n) is 1.71. The first-order chi connectivity index (χ1) is 7.27. The Bertz CT molecular complexity index is 286. The molecular weight excluding hydrogens is 186 g/mol. The van der Waals surface area contributed by atoms with Gasteiger partial charge in [0.2, 0.25) is 0 Å². The van der Waals surface area contributed by atoms with E-state index in [9.17, 15) is 0 Å². The minimum Gasteiger partial charge on any atom is -0.496 e. The number of methoxy groups -OCH3 is 1. The zero-order valence-corrected chi connectivity index (χ0v) is 9.99. The molecule has 0 bridgehead atoms. The highest BCUT2D eigenvalue weighted by Crippen LogP contribution is 2.17. The molecule has 0 unspecified atom stereocenters. The molecule has 0 atom stereocenters. The van der Waals surface area contributed by atoms with Crippen LogP contribution >= 0.6 is 0 Å². The number of nitrogens with zero attached hydrogens (tertiary/aromatic N) is 1. The van der Waals surface area contributed by atoms with Gasteiger partial charge in [-0.2, -0.15) is 0 Å². The summed E-state index contributed by atoms with van der Waals surface area (Å²) in [5.74, 6) is 1.00. The molecule has 0 spiro atoms. The second kappa shape index (κ2) is 6.46. The van der Waals surface area contributed by atoms with Gasteiger partial charge in [-0.25, -0.2) is 0 Å². The van der Waals surface area contributed by atoms with Crippen LogP contribution in [0.1, 0.15) is 18.9 Å². The predicted octanol–water partition coefficient (Wildman–Crippen LogP) is 2.58. The van der Waals surface area contributed by atoms with E-state index in [2.05, 4.69) is 31.0 Å². The lowest BCUT2D eigenvalue weighted by molar-refractivity contribution is 0.335. The van der Waals surface area contributed by atoms with E-state index in [-0.39, 0.29) is 0 Å². The molecule has 1 aromatic carbocycles. The predicted molar refractivity (Wildman–Crippen MR) is 64.5 cm³/mol. The normalized spacial score (nSPS) is 10.7. The lowest BCUT2D eigenvalue weighted by Crippen LogP contribution is -2.22. The van der Waals surface area contributed by atoms with Crippen molar-refractivity contribution in [1.29, 1.82) is 0 Å². The number of hydrogen-bond donors (Lipinski definition) is 0. The molecule has 1 rings (SSSR count). The van der Waals surface area contributed by atoms with E-state index >= 15 is 0 Å². The standard InChI is InChI=1S/C13H21NO/c1-4-10-14(2)11-9-12-7-5-6-8-13(12)15-3/h5-8H,4,9-11H2,1-3H3. The van der Waals surface area contributed by atoms with Crippen molar-refractivity contribution in [3.63, 3.8) is 0 Å². The third kappa shape index (κ3) is 3.92. The van der Waals surface area contributed by atoms with Crippen LogP contribution in [0.3, 0.4) is 0 Å². The van der Waals surface area contributed by atoms with Crippen molar-refractivity contribution >= 4 is 0 Å². The van der Waals surface area contributed by atoms with Crippen molar-refractivity contribution in [2.75, 3.05) is 27.2 Å². The first-order valence-electron chi connectivity index (χ1n) is 5.58. The smallest absolute Gasteiger partial charge is 0.122 e. The van der Waals surface area contributed by atoms with Gasteiger partial charge in [-0.1, -0.05) is 25.1 Å². The number of ether oxygens (including phenoxy) is 1. The van der Waals surface area contributed by atoms with Crippen molar-refractivity contribution in [3.05, 3.63) is 29.8 Å². The van der Waals surface area contributed by atoms with Gasteiger partial charge in [-0.15, -0.1) is 0 Å². The molecule has 0 aliphatic heterocycles. The Kier molecular flexibility index (Phi) is 5.19. The molecule has 0 amide bonds. The summed E-state index contributed by atoms with van der Waals surface area (Å²) >= 11 is 0. The van der Waals surface area contributed by atoms with Crippen LogP contribution in [0.5, 0.6) is 5.75 Å². The first-order valence-corrected chi connectivity index (χ1v) is 5.58. The zero-order valence-electron chi connectivity index (χ0n) is 9.99.